The third kappa shape index (κ3) is 5.26. The van der Waals surface area contributed by atoms with Gasteiger partial charge in [0.15, 0.2) is 0 Å². The minimum atomic E-state index is 0.223. The maximum absolute atomic E-state index is 4.09. The highest BCUT2D eigenvalue weighted by Crippen LogP contribution is 2.46. The quantitative estimate of drug-likeness (QED) is 0.287. The van der Waals surface area contributed by atoms with Gasteiger partial charge in [0, 0.05) is 5.56 Å². The van der Waals surface area contributed by atoms with Crippen LogP contribution in [0.25, 0.3) is 23.0 Å². The van der Waals surface area contributed by atoms with Crippen molar-refractivity contribution in [3.8, 4) is 11.4 Å². The Kier molecular flexibility index (Phi) is 6.83. The number of aromatic nitrogens is 4. The normalized spacial score (nSPS) is 17.1. The van der Waals surface area contributed by atoms with E-state index in [9.17, 15) is 0 Å². The molecule has 4 nitrogen and oxygen atoms in total. The number of H-pyrrole nitrogens is 1. The molecule has 1 aliphatic carbocycles. The molecule has 4 heteroatoms. The van der Waals surface area contributed by atoms with Gasteiger partial charge in [0.1, 0.15) is 0 Å². The lowest BCUT2D eigenvalue weighted by atomic mass is 9.63. The van der Waals surface area contributed by atoms with E-state index in [0.717, 1.165) is 12.0 Å². The Morgan fingerprint density at radius 2 is 1.64 bits per heavy atom. The van der Waals surface area contributed by atoms with E-state index in [2.05, 4.69) is 104 Å². The molecule has 0 fully saturated rings. The van der Waals surface area contributed by atoms with Crippen molar-refractivity contribution in [3.63, 3.8) is 0 Å². The number of aromatic amines is 1. The van der Waals surface area contributed by atoms with Crippen LogP contribution in [0.15, 0.2) is 42.5 Å². The van der Waals surface area contributed by atoms with Gasteiger partial charge in [0.25, 0.3) is 0 Å². The van der Waals surface area contributed by atoms with Gasteiger partial charge in [0.05, 0.1) is 0 Å². The maximum Gasteiger partial charge on any atom is 0.204 e. The highest BCUT2D eigenvalue weighted by atomic mass is 15.5. The molecule has 0 amide bonds. The summed E-state index contributed by atoms with van der Waals surface area (Å²) in [4.78, 5) is 0. The molecule has 0 saturated heterocycles. The highest BCUT2D eigenvalue weighted by molar-refractivity contribution is 5.82. The summed E-state index contributed by atoms with van der Waals surface area (Å²) in [5.41, 5.74) is 8.52. The Labute approximate surface area is 198 Å². The topological polar surface area (TPSA) is 54.5 Å². The van der Waals surface area contributed by atoms with Gasteiger partial charge >= 0.3 is 0 Å². The van der Waals surface area contributed by atoms with Crippen LogP contribution < -0.4 is 0 Å². The summed E-state index contributed by atoms with van der Waals surface area (Å²) in [7, 11) is 0. The van der Waals surface area contributed by atoms with E-state index in [1.807, 2.05) is 0 Å². The second kappa shape index (κ2) is 9.62. The van der Waals surface area contributed by atoms with E-state index in [-0.39, 0.29) is 10.8 Å². The fourth-order valence-corrected chi connectivity index (χ4v) is 5.04. The Bertz CT molecular complexity index is 1090. The molecule has 1 aromatic heterocycles. The third-order valence-electron chi connectivity index (χ3n) is 7.38. The van der Waals surface area contributed by atoms with Crippen LogP contribution in [0.1, 0.15) is 102 Å². The first-order valence-electron chi connectivity index (χ1n) is 12.5. The molecule has 0 atom stereocenters. The van der Waals surface area contributed by atoms with Crippen LogP contribution in [-0.4, -0.2) is 20.6 Å². The van der Waals surface area contributed by atoms with E-state index in [4.69, 9.17) is 0 Å². The Balaban J connectivity index is 1.69. The molecule has 0 aliphatic heterocycles. The van der Waals surface area contributed by atoms with Crippen LogP contribution >= 0.6 is 0 Å². The summed E-state index contributed by atoms with van der Waals surface area (Å²) < 4.78 is 0. The molecule has 1 heterocycles. The number of tetrazole rings is 1. The lowest BCUT2D eigenvalue weighted by Gasteiger charge is -2.42. The Morgan fingerprint density at radius 1 is 0.909 bits per heavy atom. The molecule has 0 saturated carbocycles. The van der Waals surface area contributed by atoms with Crippen molar-refractivity contribution in [2.75, 3.05) is 0 Å². The van der Waals surface area contributed by atoms with Gasteiger partial charge in [-0.15, -0.1) is 10.2 Å². The first kappa shape index (κ1) is 23.4. The van der Waals surface area contributed by atoms with Gasteiger partial charge in [-0.3, -0.25) is 0 Å². The second-order valence-electron chi connectivity index (χ2n) is 10.9. The molecule has 33 heavy (non-hydrogen) atoms. The number of rotatable bonds is 8. The zero-order valence-electron chi connectivity index (χ0n) is 20.9. The summed E-state index contributed by atoms with van der Waals surface area (Å²) in [6, 6.07) is 15.7. The average Bonchev–Trinajstić information content (AvgIpc) is 3.34. The largest absolute Gasteiger partial charge is 0.204 e. The molecule has 4 rings (SSSR count). The zero-order chi connectivity index (χ0) is 23.5. The molecular weight excluding hydrogens is 404 g/mol. The summed E-state index contributed by atoms with van der Waals surface area (Å²) in [6.45, 7) is 11.9. The van der Waals surface area contributed by atoms with Crippen molar-refractivity contribution >= 4 is 11.6 Å². The molecule has 3 aromatic rings. The monoisotopic (exact) mass is 442 g/mol. The molecule has 0 spiro atoms. The fraction of sp³-hybridized carbons (Fsp3) is 0.483. The van der Waals surface area contributed by atoms with Gasteiger partial charge < -0.3 is 0 Å². The van der Waals surface area contributed by atoms with Gasteiger partial charge in [-0.2, -0.15) is 5.21 Å². The van der Waals surface area contributed by atoms with Crippen molar-refractivity contribution in [1.29, 1.82) is 0 Å². The van der Waals surface area contributed by atoms with E-state index >= 15 is 0 Å². The van der Waals surface area contributed by atoms with Gasteiger partial charge in [-0.25, -0.2) is 0 Å². The van der Waals surface area contributed by atoms with E-state index < -0.39 is 0 Å². The Hall–Kier alpha value is -2.75. The number of fused-ring (bicyclic) bond motifs is 1. The molecule has 1 aliphatic rings. The van der Waals surface area contributed by atoms with Gasteiger partial charge in [-0.05, 0) is 69.6 Å². The smallest absolute Gasteiger partial charge is 0.177 e. The third-order valence-corrected chi connectivity index (χ3v) is 7.38. The SMILES string of the molecule is CCCCCCC(=Cc1ccc(-c2nn[nH]n2)cc1)c1ccc2c(c1)C(C)(C)CCC2(C)C. The standard InChI is InChI=1S/C29H38N4/c1-6-7-8-9-10-23(19-21-11-13-22(14-12-21)27-30-32-33-31-27)24-15-16-25-26(20-24)29(4,5)18-17-28(25,2)3/h11-16,19-20H,6-10,17-18H2,1-5H3,(H,30,31,32,33). The summed E-state index contributed by atoms with van der Waals surface area (Å²) in [5.74, 6) is 0.629. The van der Waals surface area contributed by atoms with Crippen LogP contribution in [-0.2, 0) is 10.8 Å². The predicted octanol–water partition coefficient (Wildman–Crippen LogP) is 7.73. The number of benzene rings is 2. The van der Waals surface area contributed by atoms with Crippen LogP contribution in [0.2, 0.25) is 0 Å². The maximum atomic E-state index is 4.09. The number of unbranched alkanes of at least 4 members (excludes halogenated alkanes) is 3. The lowest BCUT2D eigenvalue weighted by Crippen LogP contribution is -2.33. The lowest BCUT2D eigenvalue weighted by molar-refractivity contribution is 0.332. The number of nitrogens with one attached hydrogen (secondary N) is 1. The first-order chi connectivity index (χ1) is 15.8. The summed E-state index contributed by atoms with van der Waals surface area (Å²) in [6.07, 6.45) is 11.0. The number of hydrogen-bond acceptors (Lipinski definition) is 3. The molecular formula is C29H38N4. The second-order valence-corrected chi connectivity index (χ2v) is 10.9. The van der Waals surface area contributed by atoms with Crippen LogP contribution in [0.5, 0.6) is 0 Å². The van der Waals surface area contributed by atoms with Crippen molar-refractivity contribution in [1.82, 2.24) is 20.6 Å². The van der Waals surface area contributed by atoms with Crippen molar-refractivity contribution < 1.29 is 0 Å². The minimum absolute atomic E-state index is 0.223. The number of hydrogen-bond donors (Lipinski definition) is 1. The molecule has 0 radical (unpaired) electrons. The van der Waals surface area contributed by atoms with Gasteiger partial charge in [-0.1, -0.05) is 102 Å². The molecule has 1 N–H and O–H groups in total. The fourth-order valence-electron chi connectivity index (χ4n) is 5.04. The molecule has 0 unspecified atom stereocenters. The number of nitrogens with zero attached hydrogens (tertiary/aromatic N) is 3. The number of allylic oxidation sites excluding steroid dienone is 1. The van der Waals surface area contributed by atoms with E-state index in [0.29, 0.717) is 5.82 Å². The average molecular weight is 443 g/mol. The highest BCUT2D eigenvalue weighted by Gasteiger charge is 2.37. The van der Waals surface area contributed by atoms with Crippen molar-refractivity contribution in [2.24, 2.45) is 0 Å². The van der Waals surface area contributed by atoms with Crippen LogP contribution in [0.3, 0.4) is 0 Å². The molecule has 2 aromatic carbocycles. The Morgan fingerprint density at radius 3 is 2.30 bits per heavy atom. The minimum Gasteiger partial charge on any atom is -0.177 e. The summed E-state index contributed by atoms with van der Waals surface area (Å²) in [5, 5.41) is 14.4. The van der Waals surface area contributed by atoms with Crippen LogP contribution in [0, 0.1) is 0 Å². The van der Waals surface area contributed by atoms with E-state index in [1.54, 1.807) is 0 Å². The van der Waals surface area contributed by atoms with Crippen molar-refractivity contribution in [3.05, 3.63) is 64.7 Å². The van der Waals surface area contributed by atoms with Crippen LogP contribution in [0.4, 0.5) is 0 Å². The first-order valence-corrected chi connectivity index (χ1v) is 12.5. The van der Waals surface area contributed by atoms with E-state index in [1.165, 1.54) is 66.4 Å². The summed E-state index contributed by atoms with van der Waals surface area (Å²) >= 11 is 0. The zero-order valence-corrected chi connectivity index (χ0v) is 20.9. The molecule has 174 valence electrons. The van der Waals surface area contributed by atoms with Crippen molar-refractivity contribution in [2.45, 2.75) is 90.4 Å². The molecule has 0 bridgehead atoms. The predicted molar refractivity (Wildman–Crippen MR) is 138 cm³/mol. The van der Waals surface area contributed by atoms with Gasteiger partial charge in [0.2, 0.25) is 5.82 Å².